The normalized spacial score (nSPS) is 23.3. The van der Waals surface area contributed by atoms with E-state index in [1.807, 2.05) is 6.07 Å². The first-order valence-corrected chi connectivity index (χ1v) is 7.51. The highest BCUT2D eigenvalue weighted by atomic mass is 79.9. The fourth-order valence-electron chi connectivity index (χ4n) is 3.03. The average Bonchev–Trinajstić information content (AvgIpc) is 2.80. The Morgan fingerprint density at radius 2 is 2.11 bits per heavy atom. The number of halogens is 1. The lowest BCUT2D eigenvalue weighted by Crippen LogP contribution is -2.23. The molecule has 0 amide bonds. The minimum atomic E-state index is 0.806. The molecule has 1 aromatic rings. The highest BCUT2D eigenvalue weighted by molar-refractivity contribution is 9.10. The van der Waals surface area contributed by atoms with E-state index < -0.39 is 0 Å². The van der Waals surface area contributed by atoms with Gasteiger partial charge in [-0.15, -0.1) is 0 Å². The molecule has 2 rings (SSSR count). The summed E-state index contributed by atoms with van der Waals surface area (Å²) in [5.74, 6) is 2.59. The zero-order valence-corrected chi connectivity index (χ0v) is 12.8. The van der Waals surface area contributed by atoms with Crippen LogP contribution in [0.4, 0.5) is 0 Å². The number of hydrogen-bond acceptors (Lipinski definition) is 2. The van der Waals surface area contributed by atoms with E-state index in [1.54, 1.807) is 7.11 Å². The van der Waals surface area contributed by atoms with Crippen LogP contribution < -0.4 is 10.1 Å². The predicted molar refractivity (Wildman–Crippen MR) is 79.2 cm³/mol. The number of hydrogen-bond donors (Lipinski definition) is 1. The van der Waals surface area contributed by atoms with E-state index in [2.05, 4.69) is 40.4 Å². The fraction of sp³-hybridized carbons (Fsp3) is 0.600. The van der Waals surface area contributed by atoms with Crippen LogP contribution in [-0.4, -0.2) is 20.7 Å². The Labute approximate surface area is 118 Å². The van der Waals surface area contributed by atoms with Crippen LogP contribution in [0.1, 0.15) is 24.8 Å². The maximum atomic E-state index is 5.32. The van der Waals surface area contributed by atoms with Crippen LogP contribution in [0.3, 0.4) is 0 Å². The largest absolute Gasteiger partial charge is 0.497 e. The third-order valence-corrected chi connectivity index (χ3v) is 4.79. The summed E-state index contributed by atoms with van der Waals surface area (Å²) in [5, 5.41) is 3.33. The molecule has 100 valence electrons. The van der Waals surface area contributed by atoms with Gasteiger partial charge in [0.2, 0.25) is 0 Å². The molecule has 3 heteroatoms. The fourth-order valence-corrected chi connectivity index (χ4v) is 3.44. The Morgan fingerprint density at radius 3 is 2.83 bits per heavy atom. The van der Waals surface area contributed by atoms with Gasteiger partial charge in [0.05, 0.1) is 7.11 Å². The van der Waals surface area contributed by atoms with Crippen molar-refractivity contribution in [1.82, 2.24) is 5.32 Å². The van der Waals surface area contributed by atoms with Crippen molar-refractivity contribution in [1.29, 1.82) is 0 Å². The van der Waals surface area contributed by atoms with Crippen LogP contribution in [0.25, 0.3) is 0 Å². The molecule has 1 fully saturated rings. The molecule has 0 heterocycles. The van der Waals surface area contributed by atoms with Crippen LogP contribution >= 0.6 is 15.9 Å². The van der Waals surface area contributed by atoms with Crippen molar-refractivity contribution >= 4 is 15.9 Å². The lowest BCUT2D eigenvalue weighted by molar-refractivity contribution is 0.372. The Morgan fingerprint density at radius 1 is 1.33 bits per heavy atom. The van der Waals surface area contributed by atoms with Crippen molar-refractivity contribution < 1.29 is 4.74 Å². The highest BCUT2D eigenvalue weighted by Crippen LogP contribution is 2.36. The molecule has 0 spiro atoms. The Kier molecular flexibility index (Phi) is 5.07. The molecule has 18 heavy (non-hydrogen) atoms. The number of ether oxygens (including phenoxy) is 1. The minimum absolute atomic E-state index is 0.806. The molecule has 0 radical (unpaired) electrons. The van der Waals surface area contributed by atoms with Gasteiger partial charge in [-0.3, -0.25) is 0 Å². The Bertz CT molecular complexity index is 394. The molecular formula is C15H22BrNO. The highest BCUT2D eigenvalue weighted by Gasteiger charge is 2.27. The topological polar surface area (TPSA) is 21.3 Å². The maximum absolute atomic E-state index is 5.32. The summed E-state index contributed by atoms with van der Waals surface area (Å²) in [4.78, 5) is 0. The average molecular weight is 312 g/mol. The third-order valence-electron chi connectivity index (χ3n) is 4.02. The summed E-state index contributed by atoms with van der Waals surface area (Å²) < 4.78 is 6.52. The van der Waals surface area contributed by atoms with Gasteiger partial charge < -0.3 is 10.1 Å². The molecule has 2 unspecified atom stereocenters. The van der Waals surface area contributed by atoms with Crippen molar-refractivity contribution in [3.8, 4) is 5.75 Å². The first-order chi connectivity index (χ1) is 8.74. The van der Waals surface area contributed by atoms with Crippen molar-refractivity contribution in [2.75, 3.05) is 20.7 Å². The van der Waals surface area contributed by atoms with E-state index in [-0.39, 0.29) is 0 Å². The van der Waals surface area contributed by atoms with E-state index in [9.17, 15) is 0 Å². The van der Waals surface area contributed by atoms with Gasteiger partial charge in [0.15, 0.2) is 0 Å². The molecule has 1 aliphatic rings. The van der Waals surface area contributed by atoms with Crippen molar-refractivity contribution in [3.63, 3.8) is 0 Å². The number of benzene rings is 1. The molecule has 1 aromatic carbocycles. The zero-order chi connectivity index (χ0) is 13.0. The van der Waals surface area contributed by atoms with E-state index in [0.29, 0.717) is 0 Å². The summed E-state index contributed by atoms with van der Waals surface area (Å²) in [6.07, 6.45) is 5.26. The zero-order valence-electron chi connectivity index (χ0n) is 11.2. The SMILES string of the molecule is CNCC1CCCC1Cc1cc(OC)ccc1Br. The summed E-state index contributed by atoms with van der Waals surface area (Å²) >= 11 is 3.65. The van der Waals surface area contributed by atoms with Crippen molar-refractivity contribution in [2.24, 2.45) is 11.8 Å². The molecule has 2 atom stereocenters. The molecule has 0 bridgehead atoms. The molecule has 1 N–H and O–H groups in total. The lowest BCUT2D eigenvalue weighted by Gasteiger charge is -2.20. The first kappa shape index (κ1) is 13.9. The van der Waals surface area contributed by atoms with Crippen LogP contribution in [0, 0.1) is 11.8 Å². The second kappa shape index (κ2) is 6.58. The molecule has 0 saturated heterocycles. The molecule has 0 aromatic heterocycles. The van der Waals surface area contributed by atoms with Gasteiger partial charge in [0, 0.05) is 4.47 Å². The van der Waals surface area contributed by atoms with Gasteiger partial charge in [0.1, 0.15) is 5.75 Å². The van der Waals surface area contributed by atoms with Gasteiger partial charge in [-0.2, -0.15) is 0 Å². The first-order valence-electron chi connectivity index (χ1n) is 6.71. The van der Waals surface area contributed by atoms with E-state index in [1.165, 1.54) is 29.3 Å². The van der Waals surface area contributed by atoms with Crippen LogP contribution in [0.2, 0.25) is 0 Å². The maximum Gasteiger partial charge on any atom is 0.119 e. The predicted octanol–water partition coefficient (Wildman–Crippen LogP) is 3.64. The van der Waals surface area contributed by atoms with Gasteiger partial charge >= 0.3 is 0 Å². The van der Waals surface area contributed by atoms with Crippen molar-refractivity contribution in [2.45, 2.75) is 25.7 Å². The second-order valence-electron chi connectivity index (χ2n) is 5.17. The lowest BCUT2D eigenvalue weighted by atomic mass is 9.89. The van der Waals surface area contributed by atoms with E-state index >= 15 is 0 Å². The van der Waals surface area contributed by atoms with Crippen molar-refractivity contribution in [3.05, 3.63) is 28.2 Å². The van der Waals surface area contributed by atoms with Gasteiger partial charge in [-0.1, -0.05) is 22.4 Å². The van der Waals surface area contributed by atoms with Crippen LogP contribution in [0.5, 0.6) is 5.75 Å². The summed E-state index contributed by atoms with van der Waals surface area (Å²) in [6.45, 7) is 1.15. The molecule has 2 nitrogen and oxygen atoms in total. The van der Waals surface area contributed by atoms with E-state index in [0.717, 1.165) is 30.6 Å². The number of nitrogens with one attached hydrogen (secondary N) is 1. The summed E-state index contributed by atoms with van der Waals surface area (Å²) in [6, 6.07) is 6.27. The smallest absolute Gasteiger partial charge is 0.119 e. The molecule has 1 saturated carbocycles. The molecular weight excluding hydrogens is 290 g/mol. The number of methoxy groups -OCH3 is 1. The summed E-state index contributed by atoms with van der Waals surface area (Å²) in [7, 11) is 3.78. The molecule has 1 aliphatic carbocycles. The Hall–Kier alpha value is -0.540. The minimum Gasteiger partial charge on any atom is -0.497 e. The quantitative estimate of drug-likeness (QED) is 0.896. The van der Waals surface area contributed by atoms with Gasteiger partial charge in [-0.05, 0) is 68.5 Å². The third kappa shape index (κ3) is 3.27. The second-order valence-corrected chi connectivity index (χ2v) is 6.02. The van der Waals surface area contributed by atoms with Crippen LogP contribution in [-0.2, 0) is 6.42 Å². The molecule has 0 aliphatic heterocycles. The Balaban J connectivity index is 2.08. The number of rotatable bonds is 5. The van der Waals surface area contributed by atoms with E-state index in [4.69, 9.17) is 4.74 Å². The van der Waals surface area contributed by atoms with Gasteiger partial charge in [-0.25, -0.2) is 0 Å². The van der Waals surface area contributed by atoms with Crippen LogP contribution in [0.15, 0.2) is 22.7 Å². The van der Waals surface area contributed by atoms with Gasteiger partial charge in [0.25, 0.3) is 0 Å². The standard InChI is InChI=1S/C15H22BrNO/c1-17-10-12-5-3-4-11(12)8-13-9-14(18-2)6-7-15(13)16/h6-7,9,11-12,17H,3-5,8,10H2,1-2H3. The monoisotopic (exact) mass is 311 g/mol. The summed E-state index contributed by atoms with van der Waals surface area (Å²) in [5.41, 5.74) is 1.38.